The van der Waals surface area contributed by atoms with Gasteiger partial charge in [-0.1, -0.05) is 78.9 Å². The van der Waals surface area contributed by atoms with Crippen LogP contribution in [0.15, 0.2) is 140 Å². The Labute approximate surface area is 250 Å². The Hall–Kier alpha value is -4.82. The van der Waals surface area contributed by atoms with Crippen LogP contribution >= 0.6 is 0 Å². The first-order valence-corrected chi connectivity index (χ1v) is 14.8. The predicted octanol–water partition coefficient (Wildman–Crippen LogP) is 11.1. The number of nitrogens with zero attached hydrogens (tertiary/aromatic N) is 2. The Bertz CT molecular complexity index is 1730. The number of anilines is 5. The molecule has 6 rings (SSSR count). The number of aryl methyl sites for hydroxylation is 4. The molecule has 5 aromatic carbocycles. The van der Waals surface area contributed by atoms with Gasteiger partial charge < -0.3 is 9.80 Å². The molecule has 0 bridgehead atoms. The summed E-state index contributed by atoms with van der Waals surface area (Å²) in [6.45, 7) is 8.71. The van der Waals surface area contributed by atoms with Crippen molar-refractivity contribution >= 4 is 28.4 Å². The van der Waals surface area contributed by atoms with E-state index in [0.29, 0.717) is 0 Å². The molecule has 5 aromatic rings. The van der Waals surface area contributed by atoms with Gasteiger partial charge in [-0.3, -0.25) is 0 Å². The third-order valence-electron chi connectivity index (χ3n) is 8.43. The van der Waals surface area contributed by atoms with Gasteiger partial charge in [0.15, 0.2) is 0 Å². The fourth-order valence-corrected chi connectivity index (χ4v) is 5.67. The summed E-state index contributed by atoms with van der Waals surface area (Å²) in [6.07, 6.45) is 9.85. The molecule has 0 saturated carbocycles. The molecule has 0 heterocycles. The molecule has 0 aliphatic heterocycles. The van der Waals surface area contributed by atoms with Gasteiger partial charge in [0.1, 0.15) is 0 Å². The maximum Gasteiger partial charge on any atom is 0.0559 e. The van der Waals surface area contributed by atoms with Crippen LogP contribution in [0.25, 0.3) is 11.1 Å². The van der Waals surface area contributed by atoms with Gasteiger partial charge in [0.25, 0.3) is 0 Å². The Morgan fingerprint density at radius 3 is 1.57 bits per heavy atom. The number of para-hydroxylation sites is 1. The van der Waals surface area contributed by atoms with Crippen molar-refractivity contribution in [3.63, 3.8) is 0 Å². The van der Waals surface area contributed by atoms with E-state index >= 15 is 0 Å². The van der Waals surface area contributed by atoms with Crippen molar-refractivity contribution in [2.75, 3.05) is 9.80 Å². The van der Waals surface area contributed by atoms with Gasteiger partial charge in [-0.2, -0.15) is 0 Å². The topological polar surface area (TPSA) is 6.48 Å². The van der Waals surface area contributed by atoms with Crippen molar-refractivity contribution in [1.29, 1.82) is 0 Å². The molecule has 0 N–H and O–H groups in total. The summed E-state index contributed by atoms with van der Waals surface area (Å²) in [5, 5.41) is 0. The first kappa shape index (κ1) is 27.4. The molecule has 0 fully saturated rings. The molecule has 1 aliphatic rings. The molecule has 42 heavy (non-hydrogen) atoms. The summed E-state index contributed by atoms with van der Waals surface area (Å²) in [5.74, 6) is 0. The zero-order valence-corrected chi connectivity index (χ0v) is 25.0. The molecule has 1 unspecified atom stereocenters. The minimum atomic E-state index is 0.289. The minimum absolute atomic E-state index is 0.289. The van der Waals surface area contributed by atoms with E-state index in [-0.39, 0.29) is 6.04 Å². The molecule has 0 amide bonds. The monoisotopic (exact) mass is 546 g/mol. The maximum absolute atomic E-state index is 2.46. The normalized spacial score (nSPS) is 14.1. The van der Waals surface area contributed by atoms with Gasteiger partial charge in [0.2, 0.25) is 0 Å². The first-order valence-electron chi connectivity index (χ1n) is 14.8. The lowest BCUT2D eigenvalue weighted by atomic mass is 10.0. The number of hydrogen-bond acceptors (Lipinski definition) is 2. The Kier molecular flexibility index (Phi) is 7.79. The third-order valence-corrected chi connectivity index (χ3v) is 8.43. The molecule has 1 aliphatic carbocycles. The highest BCUT2D eigenvalue weighted by Crippen LogP contribution is 2.37. The number of benzene rings is 5. The molecule has 0 radical (unpaired) electrons. The van der Waals surface area contributed by atoms with Crippen LogP contribution in [0, 0.1) is 27.7 Å². The summed E-state index contributed by atoms with van der Waals surface area (Å²) in [5.41, 5.74) is 13.5. The molecular formula is C40H38N2. The highest BCUT2D eigenvalue weighted by atomic mass is 15.2. The van der Waals surface area contributed by atoms with Gasteiger partial charge in [-0.05, 0) is 128 Å². The summed E-state index contributed by atoms with van der Waals surface area (Å²) < 4.78 is 0. The van der Waals surface area contributed by atoms with Gasteiger partial charge >= 0.3 is 0 Å². The fraction of sp³-hybridized carbons (Fsp3) is 0.150. The second-order valence-corrected chi connectivity index (χ2v) is 11.3. The zero-order chi connectivity index (χ0) is 29.1. The Balaban J connectivity index is 1.31. The van der Waals surface area contributed by atoms with E-state index in [9.17, 15) is 0 Å². The average Bonchev–Trinajstić information content (AvgIpc) is 3.03. The van der Waals surface area contributed by atoms with Crippen LogP contribution in [0.4, 0.5) is 28.4 Å². The van der Waals surface area contributed by atoms with Crippen LogP contribution < -0.4 is 9.80 Å². The molecule has 1 atom stereocenters. The van der Waals surface area contributed by atoms with Crippen molar-refractivity contribution in [2.45, 2.75) is 40.2 Å². The first-order chi connectivity index (χ1) is 20.5. The van der Waals surface area contributed by atoms with E-state index < -0.39 is 0 Å². The van der Waals surface area contributed by atoms with Gasteiger partial charge in [-0.25, -0.2) is 0 Å². The Morgan fingerprint density at radius 1 is 0.476 bits per heavy atom. The van der Waals surface area contributed by atoms with Crippen LogP contribution in [0.1, 0.15) is 28.7 Å². The van der Waals surface area contributed by atoms with Gasteiger partial charge in [0, 0.05) is 28.4 Å². The summed E-state index contributed by atoms with van der Waals surface area (Å²) in [6, 6.07) is 42.3. The standard InChI is InChI=1S/C40H38N2/c1-29-15-21-39(27-31(29)3)41(35-11-7-5-8-12-35)37-23-17-33(18-24-37)34-19-25-38(26-20-34)42(36-13-9-6-10-14-36)40-22-16-30(2)32(4)28-40/h5-13,15-28,36H,14H2,1-4H3. The van der Waals surface area contributed by atoms with Crippen molar-refractivity contribution in [3.8, 4) is 11.1 Å². The molecule has 2 nitrogen and oxygen atoms in total. The second-order valence-electron chi connectivity index (χ2n) is 11.3. The highest BCUT2D eigenvalue weighted by Gasteiger charge is 2.20. The summed E-state index contributed by atoms with van der Waals surface area (Å²) in [4.78, 5) is 4.79. The zero-order valence-electron chi connectivity index (χ0n) is 25.0. The average molecular weight is 547 g/mol. The molecule has 0 saturated heterocycles. The van der Waals surface area contributed by atoms with Crippen LogP contribution in [0.3, 0.4) is 0 Å². The SMILES string of the molecule is Cc1ccc(N(c2ccccc2)c2ccc(-c3ccc(N(c4ccc(C)c(C)c4)C4C=CC=CC4)cc3)cc2)cc1C. The van der Waals surface area contributed by atoms with Gasteiger partial charge in [-0.15, -0.1) is 0 Å². The smallest absolute Gasteiger partial charge is 0.0559 e. The quantitative estimate of drug-likeness (QED) is 0.200. The molecule has 2 heteroatoms. The lowest BCUT2D eigenvalue weighted by Crippen LogP contribution is -2.29. The molecule has 208 valence electrons. The lowest BCUT2D eigenvalue weighted by molar-refractivity contribution is 0.784. The van der Waals surface area contributed by atoms with E-state index in [0.717, 1.165) is 17.8 Å². The molecule has 0 spiro atoms. The van der Waals surface area contributed by atoms with E-state index in [1.165, 1.54) is 50.4 Å². The van der Waals surface area contributed by atoms with Crippen LogP contribution in [-0.4, -0.2) is 6.04 Å². The van der Waals surface area contributed by atoms with E-state index in [1.54, 1.807) is 0 Å². The largest absolute Gasteiger partial charge is 0.334 e. The van der Waals surface area contributed by atoms with Crippen LogP contribution in [0.5, 0.6) is 0 Å². The highest BCUT2D eigenvalue weighted by molar-refractivity contribution is 5.79. The second kappa shape index (κ2) is 12.0. The van der Waals surface area contributed by atoms with Crippen LogP contribution in [-0.2, 0) is 0 Å². The lowest BCUT2D eigenvalue weighted by Gasteiger charge is -2.33. The number of hydrogen-bond donors (Lipinski definition) is 0. The Morgan fingerprint density at radius 2 is 1.00 bits per heavy atom. The minimum Gasteiger partial charge on any atom is -0.334 e. The molecular weight excluding hydrogens is 508 g/mol. The van der Waals surface area contributed by atoms with Crippen molar-refractivity contribution < 1.29 is 0 Å². The predicted molar refractivity (Wildman–Crippen MR) is 181 cm³/mol. The summed E-state index contributed by atoms with van der Waals surface area (Å²) in [7, 11) is 0. The van der Waals surface area contributed by atoms with Crippen molar-refractivity contribution in [1.82, 2.24) is 0 Å². The number of rotatable bonds is 7. The van der Waals surface area contributed by atoms with Crippen molar-refractivity contribution in [3.05, 3.63) is 162 Å². The number of allylic oxidation sites excluding steroid dienone is 2. The van der Waals surface area contributed by atoms with Crippen LogP contribution in [0.2, 0.25) is 0 Å². The van der Waals surface area contributed by atoms with E-state index in [2.05, 4.69) is 177 Å². The van der Waals surface area contributed by atoms with E-state index in [1.807, 2.05) is 0 Å². The van der Waals surface area contributed by atoms with Crippen molar-refractivity contribution in [2.24, 2.45) is 0 Å². The third kappa shape index (κ3) is 5.66. The fourth-order valence-electron chi connectivity index (χ4n) is 5.67. The maximum atomic E-state index is 2.46. The van der Waals surface area contributed by atoms with Gasteiger partial charge in [0.05, 0.1) is 6.04 Å². The van der Waals surface area contributed by atoms with E-state index in [4.69, 9.17) is 0 Å². The summed E-state index contributed by atoms with van der Waals surface area (Å²) >= 11 is 0. The molecule has 0 aromatic heterocycles.